The van der Waals surface area contributed by atoms with Gasteiger partial charge in [-0.3, -0.25) is 4.79 Å². The Bertz CT molecular complexity index is 1040. The molecule has 7 nitrogen and oxygen atoms in total. The molecule has 8 heteroatoms. The summed E-state index contributed by atoms with van der Waals surface area (Å²) in [6, 6.07) is 12.7. The fourth-order valence-electron chi connectivity index (χ4n) is 2.81. The summed E-state index contributed by atoms with van der Waals surface area (Å²) in [6.45, 7) is 3.22. The average molecular weight is 411 g/mol. The number of carbonyl (C=O) groups is 2. The van der Waals surface area contributed by atoms with Crippen LogP contribution in [0, 0.1) is 5.82 Å². The monoisotopic (exact) mass is 411 g/mol. The van der Waals surface area contributed by atoms with Crippen LogP contribution < -0.4 is 10.1 Å². The smallest absolute Gasteiger partial charge is 0.342 e. The maximum absolute atomic E-state index is 13.3. The minimum atomic E-state index is -0.694. The van der Waals surface area contributed by atoms with Crippen LogP contribution in [0.15, 0.2) is 54.7 Å². The van der Waals surface area contributed by atoms with E-state index in [0.29, 0.717) is 22.7 Å². The molecule has 156 valence electrons. The summed E-state index contributed by atoms with van der Waals surface area (Å²) >= 11 is 0. The lowest BCUT2D eigenvalue weighted by Crippen LogP contribution is -2.34. The Morgan fingerprint density at radius 1 is 1.17 bits per heavy atom. The van der Waals surface area contributed by atoms with Gasteiger partial charge in [-0.15, -0.1) is 0 Å². The van der Waals surface area contributed by atoms with Gasteiger partial charge in [0, 0.05) is 17.8 Å². The lowest BCUT2D eigenvalue weighted by Gasteiger charge is -2.09. The standard InChI is InChI=1S/C22H22FN3O4/c1-14(2)24-20(27)13-30-22(28)19-12-26(17-9-7-16(23)8-10-17)25-21(19)15-5-4-6-18(11-15)29-3/h4-12,14H,13H2,1-3H3,(H,24,27). The van der Waals surface area contributed by atoms with Crippen molar-refractivity contribution in [3.63, 3.8) is 0 Å². The second-order valence-corrected chi connectivity index (χ2v) is 6.84. The summed E-state index contributed by atoms with van der Waals surface area (Å²) in [5.74, 6) is -0.874. The summed E-state index contributed by atoms with van der Waals surface area (Å²) in [5.41, 5.74) is 1.73. The Balaban J connectivity index is 1.95. The largest absolute Gasteiger partial charge is 0.497 e. The van der Waals surface area contributed by atoms with Crippen molar-refractivity contribution in [3.8, 4) is 22.7 Å². The van der Waals surface area contributed by atoms with E-state index in [1.54, 1.807) is 43.5 Å². The van der Waals surface area contributed by atoms with Crippen molar-refractivity contribution in [2.24, 2.45) is 0 Å². The van der Waals surface area contributed by atoms with Crippen LogP contribution in [0.2, 0.25) is 0 Å². The van der Waals surface area contributed by atoms with E-state index in [1.165, 1.54) is 23.0 Å². The molecule has 1 amide bonds. The van der Waals surface area contributed by atoms with Crippen LogP contribution in [-0.2, 0) is 9.53 Å². The van der Waals surface area contributed by atoms with Crippen LogP contribution >= 0.6 is 0 Å². The highest BCUT2D eigenvalue weighted by Crippen LogP contribution is 2.27. The lowest BCUT2D eigenvalue weighted by atomic mass is 10.1. The highest BCUT2D eigenvalue weighted by molar-refractivity contribution is 5.97. The number of hydrogen-bond donors (Lipinski definition) is 1. The Morgan fingerprint density at radius 3 is 2.57 bits per heavy atom. The number of amides is 1. The number of aromatic nitrogens is 2. The van der Waals surface area contributed by atoms with Crippen LogP contribution in [0.3, 0.4) is 0 Å². The molecule has 0 saturated heterocycles. The number of methoxy groups -OCH3 is 1. The van der Waals surface area contributed by atoms with Crippen LogP contribution in [0.5, 0.6) is 5.75 Å². The van der Waals surface area contributed by atoms with Gasteiger partial charge in [-0.05, 0) is 50.2 Å². The number of nitrogens with one attached hydrogen (secondary N) is 1. The molecule has 0 atom stereocenters. The zero-order chi connectivity index (χ0) is 21.7. The normalized spacial score (nSPS) is 10.7. The zero-order valence-corrected chi connectivity index (χ0v) is 16.9. The van der Waals surface area contributed by atoms with E-state index in [1.807, 2.05) is 13.8 Å². The molecule has 2 aromatic carbocycles. The van der Waals surface area contributed by atoms with Crippen molar-refractivity contribution < 1.29 is 23.5 Å². The highest BCUT2D eigenvalue weighted by Gasteiger charge is 2.21. The molecular formula is C22H22FN3O4. The first-order chi connectivity index (χ1) is 14.4. The van der Waals surface area contributed by atoms with Crippen molar-refractivity contribution in [1.29, 1.82) is 0 Å². The topological polar surface area (TPSA) is 82.5 Å². The summed E-state index contributed by atoms with van der Waals surface area (Å²) in [5, 5.41) is 7.15. The summed E-state index contributed by atoms with van der Waals surface area (Å²) in [7, 11) is 1.54. The van der Waals surface area contributed by atoms with Gasteiger partial charge in [0.2, 0.25) is 0 Å². The van der Waals surface area contributed by atoms with E-state index in [-0.39, 0.29) is 17.4 Å². The quantitative estimate of drug-likeness (QED) is 0.603. The highest BCUT2D eigenvalue weighted by atomic mass is 19.1. The third-order valence-corrected chi connectivity index (χ3v) is 4.15. The van der Waals surface area contributed by atoms with Gasteiger partial charge in [0.05, 0.1) is 12.8 Å². The molecule has 0 bridgehead atoms. The third kappa shape index (κ3) is 5.02. The number of hydrogen-bond acceptors (Lipinski definition) is 5. The molecule has 0 aliphatic carbocycles. The molecule has 1 aromatic heterocycles. The first-order valence-electron chi connectivity index (χ1n) is 9.34. The molecule has 0 saturated carbocycles. The Morgan fingerprint density at radius 2 is 1.90 bits per heavy atom. The van der Waals surface area contributed by atoms with Crippen molar-refractivity contribution >= 4 is 11.9 Å². The third-order valence-electron chi connectivity index (χ3n) is 4.15. The maximum Gasteiger partial charge on any atom is 0.342 e. The van der Waals surface area contributed by atoms with Crippen LogP contribution in [0.1, 0.15) is 24.2 Å². The first-order valence-corrected chi connectivity index (χ1v) is 9.34. The molecule has 0 fully saturated rings. The molecule has 0 aliphatic heterocycles. The molecule has 0 unspecified atom stereocenters. The SMILES string of the molecule is COc1cccc(-c2nn(-c3ccc(F)cc3)cc2C(=O)OCC(=O)NC(C)C)c1. The van der Waals surface area contributed by atoms with Crippen molar-refractivity contribution in [2.75, 3.05) is 13.7 Å². The fourth-order valence-corrected chi connectivity index (χ4v) is 2.81. The number of nitrogens with zero attached hydrogens (tertiary/aromatic N) is 2. The predicted octanol–water partition coefficient (Wildman–Crippen LogP) is 3.37. The molecule has 30 heavy (non-hydrogen) atoms. The Kier molecular flexibility index (Phi) is 6.46. The Hall–Kier alpha value is -3.68. The number of ether oxygens (including phenoxy) is 2. The molecule has 1 N–H and O–H groups in total. The van der Waals surface area contributed by atoms with Crippen molar-refractivity contribution in [1.82, 2.24) is 15.1 Å². The molecule has 0 aliphatic rings. The summed E-state index contributed by atoms with van der Waals surface area (Å²) in [4.78, 5) is 24.6. The van der Waals surface area contributed by atoms with Gasteiger partial charge in [0.1, 0.15) is 22.8 Å². The second kappa shape index (κ2) is 9.21. The minimum absolute atomic E-state index is 0.0650. The van der Waals surface area contributed by atoms with Gasteiger partial charge < -0.3 is 14.8 Å². The molecule has 3 rings (SSSR count). The molecule has 0 radical (unpaired) electrons. The molecule has 3 aromatic rings. The van der Waals surface area contributed by atoms with E-state index in [9.17, 15) is 14.0 Å². The van der Waals surface area contributed by atoms with Gasteiger partial charge in [0.25, 0.3) is 5.91 Å². The molecule has 0 spiro atoms. The summed E-state index contributed by atoms with van der Waals surface area (Å²) < 4.78 is 25.2. The predicted molar refractivity (Wildman–Crippen MR) is 109 cm³/mol. The average Bonchev–Trinajstić information content (AvgIpc) is 3.17. The van der Waals surface area contributed by atoms with Gasteiger partial charge in [-0.25, -0.2) is 13.9 Å². The Labute approximate surface area is 173 Å². The van der Waals surface area contributed by atoms with E-state index in [4.69, 9.17) is 9.47 Å². The van der Waals surface area contributed by atoms with Gasteiger partial charge in [0.15, 0.2) is 6.61 Å². The maximum atomic E-state index is 13.3. The second-order valence-electron chi connectivity index (χ2n) is 6.84. The minimum Gasteiger partial charge on any atom is -0.497 e. The number of benzene rings is 2. The fraction of sp³-hybridized carbons (Fsp3) is 0.227. The van der Waals surface area contributed by atoms with Crippen molar-refractivity contribution in [2.45, 2.75) is 19.9 Å². The van der Waals surface area contributed by atoms with E-state index in [0.717, 1.165) is 0 Å². The van der Waals surface area contributed by atoms with E-state index < -0.39 is 18.5 Å². The van der Waals surface area contributed by atoms with Crippen molar-refractivity contribution in [3.05, 3.63) is 66.1 Å². The number of halogens is 1. The number of esters is 1. The van der Waals surface area contributed by atoms with Gasteiger partial charge >= 0.3 is 5.97 Å². The summed E-state index contributed by atoms with van der Waals surface area (Å²) in [6.07, 6.45) is 1.49. The number of rotatable bonds is 7. The molecule has 1 heterocycles. The number of carbonyl (C=O) groups excluding carboxylic acids is 2. The van der Waals surface area contributed by atoms with Crippen LogP contribution in [0.25, 0.3) is 16.9 Å². The van der Waals surface area contributed by atoms with E-state index in [2.05, 4.69) is 10.4 Å². The first kappa shape index (κ1) is 21.0. The van der Waals surface area contributed by atoms with Crippen LogP contribution in [-0.4, -0.2) is 41.4 Å². The van der Waals surface area contributed by atoms with Gasteiger partial charge in [-0.1, -0.05) is 12.1 Å². The van der Waals surface area contributed by atoms with Gasteiger partial charge in [-0.2, -0.15) is 5.10 Å². The van der Waals surface area contributed by atoms with Crippen LogP contribution in [0.4, 0.5) is 4.39 Å². The zero-order valence-electron chi connectivity index (χ0n) is 16.9. The molecular weight excluding hydrogens is 389 g/mol. The lowest BCUT2D eigenvalue weighted by molar-refractivity contribution is -0.124. The van der Waals surface area contributed by atoms with E-state index >= 15 is 0 Å².